The number of hydrogen-bond donors (Lipinski definition) is 1. The number of halogens is 1. The van der Waals surface area contributed by atoms with E-state index in [9.17, 15) is 14.9 Å². The summed E-state index contributed by atoms with van der Waals surface area (Å²) in [7, 11) is 0. The van der Waals surface area contributed by atoms with Gasteiger partial charge in [-0.15, -0.1) is 0 Å². The van der Waals surface area contributed by atoms with Gasteiger partial charge in [0.25, 0.3) is 11.2 Å². The molecule has 9 heteroatoms. The molecular weight excluding hydrogens is 336 g/mol. The molecule has 0 unspecified atom stereocenters. The van der Waals surface area contributed by atoms with Gasteiger partial charge >= 0.3 is 0 Å². The second-order valence-corrected chi connectivity index (χ2v) is 5.17. The fourth-order valence-electron chi connectivity index (χ4n) is 2.05. The average Bonchev–Trinajstić information content (AvgIpc) is 3.10. The molecule has 0 saturated carbocycles. The van der Waals surface area contributed by atoms with Crippen molar-refractivity contribution in [1.29, 1.82) is 0 Å². The second-order valence-electron chi connectivity index (χ2n) is 4.80. The lowest BCUT2D eigenvalue weighted by molar-refractivity contribution is -0.384. The Morgan fingerprint density at radius 1 is 1.29 bits per heavy atom. The molecule has 3 aromatic rings. The minimum Gasteiger partial charge on any atom is -0.467 e. The van der Waals surface area contributed by atoms with Crippen LogP contribution in [0.3, 0.4) is 0 Å². The smallest absolute Gasteiger partial charge is 0.292 e. The maximum atomic E-state index is 12.3. The van der Waals surface area contributed by atoms with Gasteiger partial charge in [-0.1, -0.05) is 11.6 Å². The van der Waals surface area contributed by atoms with Crippen LogP contribution in [0.1, 0.15) is 5.76 Å². The van der Waals surface area contributed by atoms with Crippen molar-refractivity contribution >= 4 is 23.0 Å². The first-order chi connectivity index (χ1) is 11.6. The number of nitrogens with one attached hydrogen (secondary N) is 1. The van der Waals surface area contributed by atoms with E-state index in [2.05, 4.69) is 10.4 Å². The van der Waals surface area contributed by atoms with E-state index in [0.717, 1.165) is 4.68 Å². The lowest BCUT2D eigenvalue weighted by Crippen LogP contribution is -2.22. The molecule has 0 aliphatic heterocycles. The van der Waals surface area contributed by atoms with Crippen LogP contribution < -0.4 is 10.9 Å². The number of rotatable bonds is 5. The molecule has 24 heavy (non-hydrogen) atoms. The minimum atomic E-state index is -0.532. The Balaban J connectivity index is 1.86. The number of nitro benzene ring substituents is 1. The topological polar surface area (TPSA) is 103 Å². The summed E-state index contributed by atoms with van der Waals surface area (Å²) in [6.45, 7) is 0.357. The van der Waals surface area contributed by atoms with Crippen molar-refractivity contribution in [2.24, 2.45) is 0 Å². The van der Waals surface area contributed by atoms with Gasteiger partial charge in [0.2, 0.25) is 0 Å². The molecule has 1 aromatic carbocycles. The number of anilines is 1. The molecule has 3 rings (SSSR count). The summed E-state index contributed by atoms with van der Waals surface area (Å²) < 4.78 is 6.26. The zero-order valence-electron chi connectivity index (χ0n) is 12.2. The summed E-state index contributed by atoms with van der Waals surface area (Å²) in [6, 6.07) is 8.98. The number of nitrogens with zero attached hydrogens (tertiary/aromatic N) is 3. The van der Waals surface area contributed by atoms with Gasteiger partial charge in [0.15, 0.2) is 0 Å². The SMILES string of the molecule is O=c1c(Cl)c(NCc2ccco2)cnn1-c1ccc([N+](=O)[O-])cc1. The zero-order chi connectivity index (χ0) is 17.1. The Morgan fingerprint density at radius 3 is 2.67 bits per heavy atom. The van der Waals surface area contributed by atoms with Crippen LogP contribution in [-0.2, 0) is 6.54 Å². The molecule has 0 spiro atoms. The molecule has 0 bridgehead atoms. The number of nitro groups is 1. The average molecular weight is 347 g/mol. The maximum absolute atomic E-state index is 12.3. The second kappa shape index (κ2) is 6.55. The summed E-state index contributed by atoms with van der Waals surface area (Å²) >= 11 is 6.10. The molecule has 1 N–H and O–H groups in total. The molecule has 122 valence electrons. The highest BCUT2D eigenvalue weighted by molar-refractivity contribution is 6.32. The number of non-ortho nitro benzene ring substituents is 1. The molecule has 0 atom stereocenters. The van der Waals surface area contributed by atoms with E-state index in [1.165, 1.54) is 30.5 Å². The Hall–Kier alpha value is -3.13. The van der Waals surface area contributed by atoms with Gasteiger partial charge in [-0.3, -0.25) is 14.9 Å². The third kappa shape index (κ3) is 3.13. The first-order valence-corrected chi connectivity index (χ1v) is 7.23. The van der Waals surface area contributed by atoms with E-state index in [-0.39, 0.29) is 10.7 Å². The van der Waals surface area contributed by atoms with Gasteiger partial charge < -0.3 is 9.73 Å². The van der Waals surface area contributed by atoms with E-state index in [4.69, 9.17) is 16.0 Å². The van der Waals surface area contributed by atoms with E-state index in [1.54, 1.807) is 18.4 Å². The summed E-state index contributed by atoms with van der Waals surface area (Å²) in [6.07, 6.45) is 2.96. The van der Waals surface area contributed by atoms with Crippen LogP contribution >= 0.6 is 11.6 Å². The van der Waals surface area contributed by atoms with Crippen LogP contribution in [0.4, 0.5) is 11.4 Å². The maximum Gasteiger partial charge on any atom is 0.292 e. The van der Waals surface area contributed by atoms with E-state index >= 15 is 0 Å². The summed E-state index contributed by atoms with van der Waals surface area (Å²) in [5, 5.41) is 17.6. The van der Waals surface area contributed by atoms with Crippen molar-refractivity contribution in [2.75, 3.05) is 5.32 Å². The molecule has 2 aromatic heterocycles. The number of aromatic nitrogens is 2. The molecule has 0 aliphatic rings. The first kappa shape index (κ1) is 15.8. The molecule has 0 radical (unpaired) electrons. The van der Waals surface area contributed by atoms with Gasteiger partial charge in [0, 0.05) is 12.1 Å². The van der Waals surface area contributed by atoms with Gasteiger partial charge in [-0.2, -0.15) is 9.78 Å². The molecule has 2 heterocycles. The quantitative estimate of drug-likeness (QED) is 0.562. The molecule has 0 aliphatic carbocycles. The van der Waals surface area contributed by atoms with Crippen molar-refractivity contribution < 1.29 is 9.34 Å². The molecule has 0 amide bonds. The fraction of sp³-hybridized carbons (Fsp3) is 0.0667. The number of furan rings is 1. The zero-order valence-corrected chi connectivity index (χ0v) is 12.9. The third-order valence-corrected chi connectivity index (χ3v) is 3.62. The van der Waals surface area contributed by atoms with Gasteiger partial charge in [-0.25, -0.2) is 0 Å². The molecule has 0 saturated heterocycles. The largest absolute Gasteiger partial charge is 0.467 e. The van der Waals surface area contributed by atoms with Crippen molar-refractivity contribution in [3.05, 3.63) is 80.1 Å². The van der Waals surface area contributed by atoms with Crippen LogP contribution in [0.5, 0.6) is 0 Å². The third-order valence-electron chi connectivity index (χ3n) is 3.26. The highest BCUT2D eigenvalue weighted by Crippen LogP contribution is 2.19. The van der Waals surface area contributed by atoms with Crippen molar-refractivity contribution in [3.63, 3.8) is 0 Å². The number of benzene rings is 1. The van der Waals surface area contributed by atoms with E-state index in [0.29, 0.717) is 23.7 Å². The van der Waals surface area contributed by atoms with Crippen molar-refractivity contribution in [3.8, 4) is 5.69 Å². The molecular formula is C15H11ClN4O4. The van der Waals surface area contributed by atoms with Crippen LogP contribution in [0, 0.1) is 10.1 Å². The van der Waals surface area contributed by atoms with Gasteiger partial charge in [0.05, 0.1) is 35.3 Å². The normalized spacial score (nSPS) is 10.5. The Kier molecular flexibility index (Phi) is 4.30. The van der Waals surface area contributed by atoms with Crippen LogP contribution in [0.15, 0.2) is 58.1 Å². The van der Waals surface area contributed by atoms with Gasteiger partial charge in [0.1, 0.15) is 10.8 Å². The first-order valence-electron chi connectivity index (χ1n) is 6.85. The molecule has 0 fully saturated rings. The van der Waals surface area contributed by atoms with Crippen LogP contribution in [-0.4, -0.2) is 14.7 Å². The Labute approximate surface area is 140 Å². The monoisotopic (exact) mass is 346 g/mol. The molecule has 8 nitrogen and oxygen atoms in total. The van der Waals surface area contributed by atoms with E-state index in [1.807, 2.05) is 0 Å². The fourth-order valence-corrected chi connectivity index (χ4v) is 2.25. The highest BCUT2D eigenvalue weighted by atomic mass is 35.5. The van der Waals surface area contributed by atoms with Gasteiger partial charge in [-0.05, 0) is 24.3 Å². The summed E-state index contributed by atoms with van der Waals surface area (Å²) in [5.74, 6) is 0.686. The van der Waals surface area contributed by atoms with E-state index < -0.39 is 10.5 Å². The Bertz CT molecular complexity index is 920. The summed E-state index contributed by atoms with van der Waals surface area (Å²) in [4.78, 5) is 22.5. The van der Waals surface area contributed by atoms with Crippen molar-refractivity contribution in [2.45, 2.75) is 6.54 Å². The van der Waals surface area contributed by atoms with Crippen molar-refractivity contribution in [1.82, 2.24) is 9.78 Å². The highest BCUT2D eigenvalue weighted by Gasteiger charge is 2.12. The summed E-state index contributed by atoms with van der Waals surface area (Å²) in [5.41, 5.74) is 0.144. The van der Waals surface area contributed by atoms with Crippen LogP contribution in [0.25, 0.3) is 5.69 Å². The standard InChI is InChI=1S/C15H11ClN4O4/c16-14-13(17-8-12-2-1-7-24-12)9-18-19(15(14)21)10-3-5-11(6-4-10)20(22)23/h1-7,9,17H,8H2. The predicted octanol–water partition coefficient (Wildman–Crippen LogP) is 3.00. The minimum absolute atomic E-state index is 0.0325. The number of hydrogen-bond acceptors (Lipinski definition) is 6. The lowest BCUT2D eigenvalue weighted by atomic mass is 10.3. The predicted molar refractivity (Wildman–Crippen MR) is 87.5 cm³/mol. The lowest BCUT2D eigenvalue weighted by Gasteiger charge is -2.09. The Morgan fingerprint density at radius 2 is 2.04 bits per heavy atom. The van der Waals surface area contributed by atoms with Crippen LogP contribution in [0.2, 0.25) is 5.02 Å².